The highest BCUT2D eigenvalue weighted by atomic mass is 16.5. The van der Waals surface area contributed by atoms with E-state index in [1.807, 2.05) is 54.6 Å². The monoisotopic (exact) mass is 419 g/mol. The molecule has 0 aliphatic heterocycles. The second-order valence-electron chi connectivity index (χ2n) is 7.17. The van der Waals surface area contributed by atoms with Gasteiger partial charge in [-0.1, -0.05) is 48.5 Å². The summed E-state index contributed by atoms with van der Waals surface area (Å²) in [5, 5.41) is 6.32. The third-order valence-electron chi connectivity index (χ3n) is 5.26. The Morgan fingerprint density at radius 3 is 2.35 bits per heavy atom. The second-order valence-corrected chi connectivity index (χ2v) is 7.17. The molecule has 2 atom stereocenters. The molecule has 1 unspecified atom stereocenters. The molecule has 0 bridgehead atoms. The first-order valence-electron chi connectivity index (χ1n) is 10.3. The van der Waals surface area contributed by atoms with Gasteiger partial charge < -0.3 is 14.8 Å². The van der Waals surface area contributed by atoms with E-state index in [9.17, 15) is 4.79 Å². The maximum atomic E-state index is 12.7. The van der Waals surface area contributed by atoms with Crippen LogP contribution in [0.25, 0.3) is 0 Å². The van der Waals surface area contributed by atoms with Crippen LogP contribution in [0.4, 0.5) is 0 Å². The molecule has 2 aromatic carbocycles. The van der Waals surface area contributed by atoms with Crippen LogP contribution in [0.3, 0.4) is 0 Å². The Morgan fingerprint density at radius 1 is 0.968 bits per heavy atom. The van der Waals surface area contributed by atoms with E-state index in [0.717, 1.165) is 29.7 Å². The number of likely N-dealkylation sites (N-methyl/N-ethyl adjacent to an activating group) is 1. The van der Waals surface area contributed by atoms with Crippen molar-refractivity contribution >= 4 is 5.91 Å². The van der Waals surface area contributed by atoms with Gasteiger partial charge in [0.25, 0.3) is 0 Å². The maximum absolute atomic E-state index is 12.7. The maximum Gasteiger partial charge on any atom is 0.241 e. The number of aryl methyl sites for hydroxylation is 1. The van der Waals surface area contributed by atoms with Gasteiger partial charge in [-0.05, 0) is 42.2 Å². The van der Waals surface area contributed by atoms with E-state index in [1.54, 1.807) is 27.5 Å². The van der Waals surface area contributed by atoms with Crippen molar-refractivity contribution < 1.29 is 14.3 Å². The lowest BCUT2D eigenvalue weighted by Crippen LogP contribution is -2.38. The first-order chi connectivity index (χ1) is 15.2. The summed E-state index contributed by atoms with van der Waals surface area (Å²) in [5.41, 5.74) is 3.01. The zero-order valence-electron chi connectivity index (χ0n) is 18.2. The van der Waals surface area contributed by atoms with Gasteiger partial charge in [-0.2, -0.15) is 0 Å². The summed E-state index contributed by atoms with van der Waals surface area (Å²) in [6.45, 7) is 0. The standard InChI is InChI=1S/C25H29N3O3/c1-26-24(29)23(19-8-5-4-6-9-19)28-22(21-10-7-17-27-25(21)31-3)16-13-18-11-14-20(30-2)15-12-18/h4-12,14-15,17,22-23,28H,13,16H2,1-3H3,(H,26,29)/t22-,23?/m0/s1. The van der Waals surface area contributed by atoms with Gasteiger partial charge in [-0.3, -0.25) is 10.1 Å². The highest BCUT2D eigenvalue weighted by molar-refractivity contribution is 5.83. The van der Waals surface area contributed by atoms with Crippen LogP contribution in [0, 0.1) is 0 Å². The van der Waals surface area contributed by atoms with E-state index in [1.165, 1.54) is 5.56 Å². The number of pyridine rings is 1. The molecule has 0 radical (unpaired) electrons. The second kappa shape index (κ2) is 11.1. The van der Waals surface area contributed by atoms with Crippen LogP contribution in [0.5, 0.6) is 11.6 Å². The number of nitrogens with one attached hydrogen (secondary N) is 2. The Hall–Kier alpha value is -3.38. The normalized spacial score (nSPS) is 12.6. The van der Waals surface area contributed by atoms with Gasteiger partial charge in [-0.25, -0.2) is 4.98 Å². The Balaban J connectivity index is 1.89. The van der Waals surface area contributed by atoms with Gasteiger partial charge in [0.2, 0.25) is 11.8 Å². The first kappa shape index (κ1) is 22.3. The number of nitrogens with zero attached hydrogens (tertiary/aromatic N) is 1. The smallest absolute Gasteiger partial charge is 0.241 e. The fraction of sp³-hybridized carbons (Fsp3) is 0.280. The summed E-state index contributed by atoms with van der Waals surface area (Å²) in [6.07, 6.45) is 3.28. The van der Waals surface area contributed by atoms with Crippen LogP contribution in [-0.2, 0) is 11.2 Å². The zero-order chi connectivity index (χ0) is 22.1. The quantitative estimate of drug-likeness (QED) is 0.522. The van der Waals surface area contributed by atoms with E-state index < -0.39 is 6.04 Å². The van der Waals surface area contributed by atoms with E-state index in [0.29, 0.717) is 5.88 Å². The first-order valence-corrected chi connectivity index (χ1v) is 10.3. The molecule has 2 N–H and O–H groups in total. The third kappa shape index (κ3) is 5.83. The fourth-order valence-electron chi connectivity index (χ4n) is 3.59. The van der Waals surface area contributed by atoms with Crippen molar-refractivity contribution in [2.45, 2.75) is 24.9 Å². The van der Waals surface area contributed by atoms with E-state index in [4.69, 9.17) is 9.47 Å². The average molecular weight is 420 g/mol. The predicted molar refractivity (Wildman–Crippen MR) is 121 cm³/mol. The summed E-state index contributed by atoms with van der Waals surface area (Å²) >= 11 is 0. The molecule has 0 aliphatic rings. The molecule has 0 saturated heterocycles. The molecule has 1 heterocycles. The lowest BCUT2D eigenvalue weighted by Gasteiger charge is -2.26. The summed E-state index contributed by atoms with van der Waals surface area (Å²) in [7, 11) is 4.92. The predicted octanol–water partition coefficient (Wildman–Crippen LogP) is 3.85. The highest BCUT2D eigenvalue weighted by Gasteiger charge is 2.26. The van der Waals surface area contributed by atoms with Crippen molar-refractivity contribution in [3.8, 4) is 11.6 Å². The molecule has 162 valence electrons. The van der Waals surface area contributed by atoms with Crippen molar-refractivity contribution in [1.82, 2.24) is 15.6 Å². The van der Waals surface area contributed by atoms with Crippen LogP contribution in [0.2, 0.25) is 0 Å². The number of methoxy groups -OCH3 is 2. The van der Waals surface area contributed by atoms with Crippen molar-refractivity contribution in [1.29, 1.82) is 0 Å². The number of amides is 1. The molecule has 6 heteroatoms. The highest BCUT2D eigenvalue weighted by Crippen LogP contribution is 2.29. The van der Waals surface area contributed by atoms with Crippen LogP contribution >= 0.6 is 0 Å². The van der Waals surface area contributed by atoms with E-state index >= 15 is 0 Å². The molecular formula is C25H29N3O3. The molecule has 3 aromatic rings. The van der Waals surface area contributed by atoms with Gasteiger partial charge >= 0.3 is 0 Å². The third-order valence-corrected chi connectivity index (χ3v) is 5.26. The summed E-state index contributed by atoms with van der Waals surface area (Å²) in [4.78, 5) is 17.1. The Kier molecular flexibility index (Phi) is 8.01. The van der Waals surface area contributed by atoms with Gasteiger partial charge in [-0.15, -0.1) is 0 Å². The summed E-state index contributed by atoms with van der Waals surface area (Å²) < 4.78 is 10.8. The lowest BCUT2D eigenvalue weighted by atomic mass is 9.97. The van der Waals surface area contributed by atoms with Crippen LogP contribution < -0.4 is 20.1 Å². The number of rotatable bonds is 10. The topological polar surface area (TPSA) is 72.5 Å². The fourth-order valence-corrected chi connectivity index (χ4v) is 3.59. The van der Waals surface area contributed by atoms with Crippen LogP contribution in [-0.4, -0.2) is 32.2 Å². The van der Waals surface area contributed by atoms with Crippen LogP contribution in [0.1, 0.15) is 35.2 Å². The Labute approximate surface area is 183 Å². The molecule has 0 aliphatic carbocycles. The van der Waals surface area contributed by atoms with Gasteiger partial charge in [0, 0.05) is 24.8 Å². The van der Waals surface area contributed by atoms with Crippen LogP contribution in [0.15, 0.2) is 72.9 Å². The number of ether oxygens (including phenoxy) is 2. The number of aromatic nitrogens is 1. The largest absolute Gasteiger partial charge is 0.497 e. The Morgan fingerprint density at radius 2 is 1.71 bits per heavy atom. The van der Waals surface area contributed by atoms with Crippen molar-refractivity contribution in [3.63, 3.8) is 0 Å². The lowest BCUT2D eigenvalue weighted by molar-refractivity contribution is -0.123. The van der Waals surface area contributed by atoms with E-state index in [-0.39, 0.29) is 11.9 Å². The molecule has 31 heavy (non-hydrogen) atoms. The number of hydrogen-bond acceptors (Lipinski definition) is 5. The number of carbonyl (C=O) groups excluding carboxylic acids is 1. The van der Waals surface area contributed by atoms with Gasteiger partial charge in [0.15, 0.2) is 0 Å². The minimum Gasteiger partial charge on any atom is -0.497 e. The number of carbonyl (C=O) groups is 1. The van der Waals surface area contributed by atoms with Crippen molar-refractivity contribution in [2.75, 3.05) is 21.3 Å². The van der Waals surface area contributed by atoms with Crippen molar-refractivity contribution in [3.05, 3.63) is 89.6 Å². The molecule has 0 spiro atoms. The molecule has 1 aromatic heterocycles. The molecular weight excluding hydrogens is 390 g/mol. The van der Waals surface area contributed by atoms with Gasteiger partial charge in [0.1, 0.15) is 11.8 Å². The minimum absolute atomic E-state index is 0.0940. The van der Waals surface area contributed by atoms with E-state index in [2.05, 4.69) is 27.8 Å². The SMILES string of the molecule is CNC(=O)C(N[C@@H](CCc1ccc(OC)cc1)c1cccnc1OC)c1ccccc1. The Bertz CT molecular complexity index is 961. The zero-order valence-corrected chi connectivity index (χ0v) is 18.2. The summed E-state index contributed by atoms with van der Waals surface area (Å²) in [5.74, 6) is 1.29. The molecule has 0 saturated carbocycles. The molecule has 6 nitrogen and oxygen atoms in total. The molecule has 3 rings (SSSR count). The molecule has 0 fully saturated rings. The van der Waals surface area contributed by atoms with Crippen molar-refractivity contribution in [2.24, 2.45) is 0 Å². The minimum atomic E-state index is -0.503. The number of hydrogen-bond donors (Lipinski definition) is 2. The average Bonchev–Trinajstić information content (AvgIpc) is 2.84. The molecule has 1 amide bonds. The summed E-state index contributed by atoms with van der Waals surface area (Å²) in [6, 6.07) is 21.0. The van der Waals surface area contributed by atoms with Gasteiger partial charge in [0.05, 0.1) is 14.2 Å². The number of benzene rings is 2.